The predicted molar refractivity (Wildman–Crippen MR) is 110 cm³/mol. The van der Waals surface area contributed by atoms with Gasteiger partial charge in [0.2, 0.25) is 0 Å². The summed E-state index contributed by atoms with van der Waals surface area (Å²) in [6.45, 7) is 3.87. The highest BCUT2D eigenvalue weighted by Gasteiger charge is 2.06. The number of nitrogen functional groups attached to an aromatic ring is 2. The van der Waals surface area contributed by atoms with Gasteiger partial charge in [-0.2, -0.15) is 5.11 Å². The first kappa shape index (κ1) is 18.1. The van der Waals surface area contributed by atoms with Crippen LogP contribution in [0, 0.1) is 13.8 Å². The Morgan fingerprint density at radius 3 is 2.19 bits per heavy atom. The molecule has 0 bridgehead atoms. The van der Waals surface area contributed by atoms with E-state index < -0.39 is 0 Å². The van der Waals surface area contributed by atoms with Crippen LogP contribution in [0.15, 0.2) is 70.9 Å². The second-order valence-electron chi connectivity index (χ2n) is 6.33. The van der Waals surface area contributed by atoms with Crippen molar-refractivity contribution < 1.29 is 4.79 Å². The molecule has 3 rings (SSSR count). The summed E-state index contributed by atoms with van der Waals surface area (Å²) in [5.74, 6) is -0.158. The maximum absolute atomic E-state index is 12.2. The van der Waals surface area contributed by atoms with Crippen molar-refractivity contribution in [2.75, 3.05) is 16.8 Å². The van der Waals surface area contributed by atoms with Crippen LogP contribution >= 0.6 is 0 Å². The molecule has 136 valence electrons. The lowest BCUT2D eigenvalue weighted by atomic mass is 10.1. The van der Waals surface area contributed by atoms with Crippen molar-refractivity contribution >= 4 is 34.3 Å². The van der Waals surface area contributed by atoms with E-state index in [1.807, 2.05) is 26.0 Å². The predicted octanol–water partition coefficient (Wildman–Crippen LogP) is 5.14. The Balaban J connectivity index is 1.69. The fourth-order valence-corrected chi connectivity index (χ4v) is 2.44. The molecule has 0 spiro atoms. The standard InChI is InChI=1S/C21H21N5O/c1-13-3-5-15(6-4-13)21(27)24-16-7-9-17(10-8-16)25-26-20-11-14(2)18(22)12-19(20)23/h3-12H,22-23H2,1-2H3,(H,24,27)/b26-25+. The summed E-state index contributed by atoms with van der Waals surface area (Å²) in [4.78, 5) is 12.2. The molecular formula is C21H21N5O. The molecule has 3 aromatic rings. The smallest absolute Gasteiger partial charge is 0.255 e. The quantitative estimate of drug-likeness (QED) is 0.444. The molecule has 3 aromatic carbocycles. The summed E-state index contributed by atoms with van der Waals surface area (Å²) in [5, 5.41) is 11.2. The summed E-state index contributed by atoms with van der Waals surface area (Å²) >= 11 is 0. The average molecular weight is 359 g/mol. The number of hydrogen-bond donors (Lipinski definition) is 3. The normalized spacial score (nSPS) is 10.9. The van der Waals surface area contributed by atoms with Crippen LogP contribution < -0.4 is 16.8 Å². The molecule has 0 aliphatic rings. The van der Waals surface area contributed by atoms with Gasteiger partial charge in [0.15, 0.2) is 0 Å². The minimum Gasteiger partial charge on any atom is -0.398 e. The van der Waals surface area contributed by atoms with Crippen LogP contribution in [0.3, 0.4) is 0 Å². The number of benzene rings is 3. The van der Waals surface area contributed by atoms with Crippen LogP contribution in [0.4, 0.5) is 28.4 Å². The van der Waals surface area contributed by atoms with Crippen LogP contribution in [0.5, 0.6) is 0 Å². The maximum atomic E-state index is 12.2. The van der Waals surface area contributed by atoms with Crippen molar-refractivity contribution in [3.8, 4) is 0 Å². The highest BCUT2D eigenvalue weighted by molar-refractivity contribution is 6.04. The fourth-order valence-electron chi connectivity index (χ4n) is 2.44. The molecule has 0 saturated carbocycles. The minimum atomic E-state index is -0.158. The van der Waals surface area contributed by atoms with Gasteiger partial charge in [-0.15, -0.1) is 5.11 Å². The fraction of sp³-hybridized carbons (Fsp3) is 0.0952. The van der Waals surface area contributed by atoms with E-state index in [9.17, 15) is 4.79 Å². The zero-order valence-electron chi connectivity index (χ0n) is 15.2. The third kappa shape index (κ3) is 4.49. The van der Waals surface area contributed by atoms with Crippen LogP contribution in [-0.2, 0) is 0 Å². The number of nitrogens with zero attached hydrogens (tertiary/aromatic N) is 2. The monoisotopic (exact) mass is 359 g/mol. The lowest BCUT2D eigenvalue weighted by Crippen LogP contribution is -2.11. The largest absolute Gasteiger partial charge is 0.398 e. The van der Waals surface area contributed by atoms with Crippen molar-refractivity contribution in [2.24, 2.45) is 10.2 Å². The second-order valence-corrected chi connectivity index (χ2v) is 6.33. The lowest BCUT2D eigenvalue weighted by molar-refractivity contribution is 0.102. The topological polar surface area (TPSA) is 106 Å². The van der Waals surface area contributed by atoms with E-state index in [-0.39, 0.29) is 5.91 Å². The van der Waals surface area contributed by atoms with Crippen molar-refractivity contribution in [3.63, 3.8) is 0 Å². The number of nitrogens with two attached hydrogens (primary N) is 2. The van der Waals surface area contributed by atoms with E-state index >= 15 is 0 Å². The molecule has 0 radical (unpaired) electrons. The Bertz CT molecular complexity index is 992. The molecule has 1 amide bonds. The second kappa shape index (κ2) is 7.70. The van der Waals surface area contributed by atoms with Gasteiger partial charge in [-0.25, -0.2) is 0 Å². The number of rotatable bonds is 4. The zero-order chi connectivity index (χ0) is 19.4. The minimum absolute atomic E-state index is 0.158. The zero-order valence-corrected chi connectivity index (χ0v) is 15.2. The maximum Gasteiger partial charge on any atom is 0.255 e. The molecule has 0 aromatic heterocycles. The molecule has 0 heterocycles. The molecule has 0 atom stereocenters. The van der Waals surface area contributed by atoms with Crippen LogP contribution in [0.1, 0.15) is 21.5 Å². The molecular weight excluding hydrogens is 338 g/mol. The number of carbonyl (C=O) groups excluding carboxylic acids is 1. The third-order valence-electron chi connectivity index (χ3n) is 4.13. The van der Waals surface area contributed by atoms with Gasteiger partial charge in [0, 0.05) is 16.9 Å². The third-order valence-corrected chi connectivity index (χ3v) is 4.13. The Kier molecular flexibility index (Phi) is 5.17. The van der Waals surface area contributed by atoms with Gasteiger partial charge in [-0.05, 0) is 67.9 Å². The number of azo groups is 1. The summed E-state index contributed by atoms with van der Waals surface area (Å²) in [6.07, 6.45) is 0. The molecule has 6 heteroatoms. The molecule has 5 N–H and O–H groups in total. The van der Waals surface area contributed by atoms with Crippen LogP contribution in [0.25, 0.3) is 0 Å². The molecule has 0 fully saturated rings. The number of amides is 1. The summed E-state index contributed by atoms with van der Waals surface area (Å²) in [6, 6.07) is 18.0. The highest BCUT2D eigenvalue weighted by Crippen LogP contribution is 2.29. The van der Waals surface area contributed by atoms with E-state index in [0.29, 0.717) is 34.0 Å². The lowest BCUT2D eigenvalue weighted by Gasteiger charge is -2.06. The molecule has 0 unspecified atom stereocenters. The Hall–Kier alpha value is -3.67. The Morgan fingerprint density at radius 1 is 0.852 bits per heavy atom. The van der Waals surface area contributed by atoms with Crippen molar-refractivity contribution in [1.82, 2.24) is 0 Å². The molecule has 0 aliphatic heterocycles. The SMILES string of the molecule is Cc1ccc(C(=O)Nc2ccc(/N=N/c3cc(C)c(N)cc3N)cc2)cc1. The van der Waals surface area contributed by atoms with E-state index in [2.05, 4.69) is 15.5 Å². The van der Waals surface area contributed by atoms with Gasteiger partial charge in [0.1, 0.15) is 5.69 Å². The summed E-state index contributed by atoms with van der Waals surface area (Å²) in [7, 11) is 0. The van der Waals surface area contributed by atoms with Gasteiger partial charge in [-0.3, -0.25) is 4.79 Å². The average Bonchev–Trinajstić information content (AvgIpc) is 2.65. The number of nitrogens with one attached hydrogen (secondary N) is 1. The molecule has 27 heavy (non-hydrogen) atoms. The Morgan fingerprint density at radius 2 is 1.52 bits per heavy atom. The number of hydrogen-bond acceptors (Lipinski definition) is 5. The summed E-state index contributed by atoms with van der Waals surface area (Å²) < 4.78 is 0. The first-order valence-electron chi connectivity index (χ1n) is 8.48. The van der Waals surface area contributed by atoms with Gasteiger partial charge in [0.25, 0.3) is 5.91 Å². The van der Waals surface area contributed by atoms with E-state index in [1.165, 1.54) is 0 Å². The van der Waals surface area contributed by atoms with Gasteiger partial charge < -0.3 is 16.8 Å². The van der Waals surface area contributed by atoms with E-state index in [0.717, 1.165) is 11.1 Å². The molecule has 0 aliphatic carbocycles. The number of carbonyl (C=O) groups is 1. The van der Waals surface area contributed by atoms with Crippen molar-refractivity contribution in [2.45, 2.75) is 13.8 Å². The number of aryl methyl sites for hydroxylation is 2. The van der Waals surface area contributed by atoms with Gasteiger partial charge >= 0.3 is 0 Å². The first-order valence-corrected chi connectivity index (χ1v) is 8.48. The first-order chi connectivity index (χ1) is 12.9. The summed E-state index contributed by atoms with van der Waals surface area (Å²) in [5.41, 5.74) is 17.3. The van der Waals surface area contributed by atoms with E-state index in [1.54, 1.807) is 48.5 Å². The number of anilines is 3. The van der Waals surface area contributed by atoms with Gasteiger partial charge in [-0.1, -0.05) is 17.7 Å². The highest BCUT2D eigenvalue weighted by atomic mass is 16.1. The molecule has 0 saturated heterocycles. The van der Waals surface area contributed by atoms with Gasteiger partial charge in [0.05, 0.1) is 11.4 Å². The van der Waals surface area contributed by atoms with Crippen LogP contribution in [0.2, 0.25) is 0 Å². The van der Waals surface area contributed by atoms with Crippen molar-refractivity contribution in [3.05, 3.63) is 77.4 Å². The molecule has 6 nitrogen and oxygen atoms in total. The Labute approximate surface area is 157 Å². The van der Waals surface area contributed by atoms with Crippen LogP contribution in [-0.4, -0.2) is 5.91 Å². The van der Waals surface area contributed by atoms with E-state index in [4.69, 9.17) is 11.5 Å². The van der Waals surface area contributed by atoms with Crippen molar-refractivity contribution in [1.29, 1.82) is 0 Å².